The van der Waals surface area contributed by atoms with Gasteiger partial charge in [-0.3, -0.25) is 4.79 Å². The van der Waals surface area contributed by atoms with E-state index in [0.717, 1.165) is 51.9 Å². The number of carboxylic acid groups (broad SMARTS) is 1. The molecule has 0 aliphatic heterocycles. The summed E-state index contributed by atoms with van der Waals surface area (Å²) in [6.07, 6.45) is 3.76. The molecule has 0 fully saturated rings. The second kappa shape index (κ2) is 9.21. The molecule has 0 radical (unpaired) electrons. The van der Waals surface area contributed by atoms with E-state index in [1.165, 1.54) is 4.21 Å². The van der Waals surface area contributed by atoms with Crippen molar-refractivity contribution >= 4 is 40.6 Å². The van der Waals surface area contributed by atoms with Crippen LogP contribution in [0, 0.1) is 0 Å². The summed E-state index contributed by atoms with van der Waals surface area (Å²) < 4.78 is 1.24. The van der Waals surface area contributed by atoms with Gasteiger partial charge in [0.25, 0.3) is 0 Å². The van der Waals surface area contributed by atoms with Crippen molar-refractivity contribution in [2.24, 2.45) is 0 Å². The Hall–Kier alpha value is -2.38. The van der Waals surface area contributed by atoms with E-state index in [9.17, 15) is 4.79 Å². The molecule has 3 aromatic rings. The number of rotatable bonds is 8. The Balaban J connectivity index is 1.96. The molecule has 0 saturated carbocycles. The molecule has 0 spiro atoms. The Morgan fingerprint density at radius 2 is 1.86 bits per heavy atom. The van der Waals surface area contributed by atoms with Crippen molar-refractivity contribution < 1.29 is 9.90 Å². The Labute approximate surface area is 173 Å². The standard InChI is InChI=1S/C21H23N3O2S2/c1-4-15-16(5-2)23-21(17-10-11-19(27-3)28-17)24-20(15)22-14-8-6-13(7-9-14)12-18(25)26/h6-11H,4-5,12H2,1-3H3,(H,25,26)(H,22,23,24). The molecule has 0 atom stereocenters. The first-order valence-corrected chi connectivity index (χ1v) is 11.2. The van der Waals surface area contributed by atoms with E-state index in [2.05, 4.69) is 37.6 Å². The maximum atomic E-state index is 10.9. The number of nitrogens with zero attached hydrogens (tertiary/aromatic N) is 2. The predicted molar refractivity (Wildman–Crippen MR) is 117 cm³/mol. The molecule has 2 aromatic heterocycles. The van der Waals surface area contributed by atoms with E-state index in [1.807, 2.05) is 24.3 Å². The smallest absolute Gasteiger partial charge is 0.307 e. The van der Waals surface area contributed by atoms with Crippen LogP contribution in [0.5, 0.6) is 0 Å². The second-order valence-electron chi connectivity index (χ2n) is 6.24. The van der Waals surface area contributed by atoms with Gasteiger partial charge in [-0.25, -0.2) is 9.97 Å². The summed E-state index contributed by atoms with van der Waals surface area (Å²) in [6, 6.07) is 11.6. The number of aromatic nitrogens is 2. The van der Waals surface area contributed by atoms with Crippen LogP contribution in [0.2, 0.25) is 0 Å². The van der Waals surface area contributed by atoms with Crippen LogP contribution >= 0.6 is 23.1 Å². The van der Waals surface area contributed by atoms with E-state index >= 15 is 0 Å². The fraction of sp³-hybridized carbons (Fsp3) is 0.286. The normalized spacial score (nSPS) is 10.8. The highest BCUT2D eigenvalue weighted by atomic mass is 32.2. The van der Waals surface area contributed by atoms with Crippen molar-refractivity contribution in [2.45, 2.75) is 37.3 Å². The summed E-state index contributed by atoms with van der Waals surface area (Å²) in [5, 5.41) is 12.3. The molecular weight excluding hydrogens is 390 g/mol. The van der Waals surface area contributed by atoms with Crippen LogP contribution in [0.1, 0.15) is 30.7 Å². The van der Waals surface area contributed by atoms with Crippen LogP contribution in [0.4, 0.5) is 11.5 Å². The Morgan fingerprint density at radius 1 is 1.11 bits per heavy atom. The van der Waals surface area contributed by atoms with Crippen molar-refractivity contribution in [3.05, 3.63) is 53.2 Å². The van der Waals surface area contributed by atoms with E-state index in [0.29, 0.717) is 0 Å². The fourth-order valence-electron chi connectivity index (χ4n) is 2.98. The quantitative estimate of drug-likeness (QED) is 0.480. The number of thiophene rings is 1. The Bertz CT molecular complexity index is 968. The molecule has 5 nitrogen and oxygen atoms in total. The fourth-order valence-corrected chi connectivity index (χ4v) is 4.45. The van der Waals surface area contributed by atoms with Crippen molar-refractivity contribution in [2.75, 3.05) is 11.6 Å². The number of benzene rings is 1. The topological polar surface area (TPSA) is 75.1 Å². The number of thioether (sulfide) groups is 1. The molecule has 0 saturated heterocycles. The minimum absolute atomic E-state index is 0.0221. The van der Waals surface area contributed by atoms with E-state index < -0.39 is 5.97 Å². The molecule has 146 valence electrons. The first kappa shape index (κ1) is 20.4. The van der Waals surface area contributed by atoms with Gasteiger partial charge in [0.1, 0.15) is 5.82 Å². The lowest BCUT2D eigenvalue weighted by atomic mass is 10.1. The monoisotopic (exact) mass is 413 g/mol. The van der Waals surface area contributed by atoms with Gasteiger partial charge in [-0.2, -0.15) is 0 Å². The zero-order chi connectivity index (χ0) is 20.1. The SMILES string of the molecule is CCc1nc(-c2ccc(SC)s2)nc(Nc2ccc(CC(=O)O)cc2)c1CC. The summed E-state index contributed by atoms with van der Waals surface area (Å²) in [5.41, 5.74) is 3.82. The van der Waals surface area contributed by atoms with Gasteiger partial charge >= 0.3 is 5.97 Å². The minimum atomic E-state index is -0.831. The van der Waals surface area contributed by atoms with Crippen molar-refractivity contribution in [3.63, 3.8) is 0 Å². The molecule has 3 rings (SSSR count). The predicted octanol–water partition coefficient (Wildman–Crippen LogP) is 5.42. The summed E-state index contributed by atoms with van der Waals surface area (Å²) in [6.45, 7) is 4.22. The molecule has 1 aromatic carbocycles. The van der Waals surface area contributed by atoms with Crippen molar-refractivity contribution in [3.8, 4) is 10.7 Å². The van der Waals surface area contributed by atoms with Gasteiger partial charge in [-0.15, -0.1) is 23.1 Å². The second-order valence-corrected chi connectivity index (χ2v) is 8.43. The van der Waals surface area contributed by atoms with Gasteiger partial charge in [0, 0.05) is 16.9 Å². The molecule has 2 N–H and O–H groups in total. The van der Waals surface area contributed by atoms with E-state index in [-0.39, 0.29) is 6.42 Å². The maximum absolute atomic E-state index is 10.9. The number of aryl methyl sites for hydroxylation is 1. The Kier molecular flexibility index (Phi) is 6.70. The van der Waals surface area contributed by atoms with Gasteiger partial charge in [0.05, 0.1) is 15.5 Å². The molecule has 2 heterocycles. The molecule has 0 unspecified atom stereocenters. The van der Waals surface area contributed by atoms with E-state index in [4.69, 9.17) is 15.1 Å². The van der Waals surface area contributed by atoms with Crippen LogP contribution in [-0.2, 0) is 24.1 Å². The third kappa shape index (κ3) is 4.72. The van der Waals surface area contributed by atoms with Gasteiger partial charge in [-0.05, 0) is 48.9 Å². The average molecular weight is 414 g/mol. The van der Waals surface area contributed by atoms with Crippen LogP contribution in [0.3, 0.4) is 0 Å². The largest absolute Gasteiger partial charge is 0.481 e. The van der Waals surface area contributed by atoms with Gasteiger partial charge in [-0.1, -0.05) is 26.0 Å². The zero-order valence-electron chi connectivity index (χ0n) is 16.2. The first-order valence-electron chi connectivity index (χ1n) is 9.15. The number of hydrogen-bond acceptors (Lipinski definition) is 6. The lowest BCUT2D eigenvalue weighted by Crippen LogP contribution is -2.07. The molecule has 0 aliphatic rings. The highest BCUT2D eigenvalue weighted by molar-refractivity contribution is 8.00. The highest BCUT2D eigenvalue weighted by Crippen LogP contribution is 2.33. The number of aliphatic carboxylic acids is 1. The molecular formula is C21H23N3O2S2. The van der Waals surface area contributed by atoms with Gasteiger partial charge in [0.15, 0.2) is 5.82 Å². The summed E-state index contributed by atoms with van der Waals surface area (Å²) >= 11 is 3.42. The summed E-state index contributed by atoms with van der Waals surface area (Å²) in [5.74, 6) is 0.723. The van der Waals surface area contributed by atoms with Crippen LogP contribution in [0.25, 0.3) is 10.7 Å². The van der Waals surface area contributed by atoms with Crippen LogP contribution in [-0.4, -0.2) is 27.3 Å². The third-order valence-electron chi connectivity index (χ3n) is 4.36. The number of carbonyl (C=O) groups is 1. The maximum Gasteiger partial charge on any atom is 0.307 e. The van der Waals surface area contributed by atoms with Crippen molar-refractivity contribution in [1.82, 2.24) is 9.97 Å². The number of carboxylic acids is 1. The first-order chi connectivity index (χ1) is 13.5. The van der Waals surface area contributed by atoms with Gasteiger partial charge < -0.3 is 10.4 Å². The number of nitrogens with one attached hydrogen (secondary N) is 1. The molecule has 0 bridgehead atoms. The molecule has 0 aliphatic carbocycles. The van der Waals surface area contributed by atoms with Gasteiger partial charge in [0.2, 0.25) is 0 Å². The van der Waals surface area contributed by atoms with Crippen LogP contribution < -0.4 is 5.32 Å². The molecule has 0 amide bonds. The molecule has 7 heteroatoms. The van der Waals surface area contributed by atoms with E-state index in [1.54, 1.807) is 23.1 Å². The summed E-state index contributed by atoms with van der Waals surface area (Å²) in [4.78, 5) is 21.6. The highest BCUT2D eigenvalue weighted by Gasteiger charge is 2.15. The minimum Gasteiger partial charge on any atom is -0.481 e. The lowest BCUT2D eigenvalue weighted by Gasteiger charge is -2.15. The zero-order valence-corrected chi connectivity index (χ0v) is 17.8. The lowest BCUT2D eigenvalue weighted by molar-refractivity contribution is -0.136. The average Bonchev–Trinajstić information content (AvgIpc) is 3.17. The van der Waals surface area contributed by atoms with Crippen LogP contribution in [0.15, 0.2) is 40.6 Å². The summed E-state index contributed by atoms with van der Waals surface area (Å²) in [7, 11) is 0. The number of hydrogen-bond donors (Lipinski definition) is 2. The number of anilines is 2. The Morgan fingerprint density at radius 3 is 2.43 bits per heavy atom. The third-order valence-corrected chi connectivity index (χ3v) is 6.52. The molecule has 28 heavy (non-hydrogen) atoms. The van der Waals surface area contributed by atoms with Crippen molar-refractivity contribution in [1.29, 1.82) is 0 Å².